The Morgan fingerprint density at radius 3 is 2.33 bits per heavy atom. The predicted molar refractivity (Wildman–Crippen MR) is 84.8 cm³/mol. The van der Waals surface area contributed by atoms with Crippen LogP contribution in [0.3, 0.4) is 0 Å². The second-order valence-corrected chi connectivity index (χ2v) is 4.80. The van der Waals surface area contributed by atoms with E-state index in [0.717, 1.165) is 0 Å². The molecule has 0 saturated heterocycles. The largest absolute Gasteiger partial charge is 0.466 e. The standard InChI is InChI=1S/C17H17NO6/c1-4-24-13(19)9-11-10-7-5-6-8-12(10)18-15(17(21)23-3)14(11)16(20)22-2/h5-8H,4,9H2,1-3H3. The van der Waals surface area contributed by atoms with Crippen LogP contribution in [0.1, 0.15) is 33.3 Å². The highest BCUT2D eigenvalue weighted by Crippen LogP contribution is 2.26. The number of rotatable bonds is 5. The van der Waals surface area contributed by atoms with Crippen LogP contribution in [0.15, 0.2) is 24.3 Å². The van der Waals surface area contributed by atoms with Gasteiger partial charge >= 0.3 is 17.9 Å². The molecule has 0 aliphatic carbocycles. The molecule has 0 fully saturated rings. The number of benzene rings is 1. The number of methoxy groups -OCH3 is 2. The second kappa shape index (κ2) is 7.54. The van der Waals surface area contributed by atoms with Gasteiger partial charge in [-0.3, -0.25) is 4.79 Å². The molecule has 2 rings (SSSR count). The molecule has 2 aromatic rings. The molecule has 0 N–H and O–H groups in total. The average Bonchev–Trinajstić information content (AvgIpc) is 2.60. The van der Waals surface area contributed by atoms with E-state index in [-0.39, 0.29) is 24.3 Å². The highest BCUT2D eigenvalue weighted by atomic mass is 16.5. The first kappa shape index (κ1) is 17.4. The summed E-state index contributed by atoms with van der Waals surface area (Å²) >= 11 is 0. The Morgan fingerprint density at radius 1 is 1.04 bits per heavy atom. The van der Waals surface area contributed by atoms with E-state index >= 15 is 0 Å². The van der Waals surface area contributed by atoms with Gasteiger partial charge in [0, 0.05) is 5.39 Å². The number of fused-ring (bicyclic) bond motifs is 1. The van der Waals surface area contributed by atoms with Gasteiger partial charge in [0.1, 0.15) is 0 Å². The smallest absolute Gasteiger partial charge is 0.357 e. The van der Waals surface area contributed by atoms with E-state index < -0.39 is 17.9 Å². The predicted octanol–water partition coefficient (Wildman–Crippen LogP) is 1.91. The molecule has 126 valence electrons. The summed E-state index contributed by atoms with van der Waals surface area (Å²) in [5.41, 5.74) is 0.509. The zero-order valence-electron chi connectivity index (χ0n) is 13.6. The van der Waals surface area contributed by atoms with Crippen molar-refractivity contribution in [2.75, 3.05) is 20.8 Å². The second-order valence-electron chi connectivity index (χ2n) is 4.80. The summed E-state index contributed by atoms with van der Waals surface area (Å²) in [6.45, 7) is 1.89. The number of carbonyl (C=O) groups excluding carboxylic acids is 3. The van der Waals surface area contributed by atoms with E-state index in [1.165, 1.54) is 14.2 Å². The molecule has 0 amide bonds. The molecule has 0 atom stereocenters. The van der Waals surface area contributed by atoms with Crippen molar-refractivity contribution in [1.29, 1.82) is 0 Å². The van der Waals surface area contributed by atoms with E-state index in [1.807, 2.05) is 0 Å². The first-order valence-electron chi connectivity index (χ1n) is 7.27. The summed E-state index contributed by atoms with van der Waals surface area (Å²) in [6, 6.07) is 6.88. The van der Waals surface area contributed by atoms with Gasteiger partial charge in [0.2, 0.25) is 0 Å². The van der Waals surface area contributed by atoms with Crippen LogP contribution in [0.2, 0.25) is 0 Å². The minimum absolute atomic E-state index is 0.0869. The molecule has 7 nitrogen and oxygen atoms in total. The summed E-state index contributed by atoms with van der Waals surface area (Å²) < 4.78 is 14.4. The highest BCUT2D eigenvalue weighted by molar-refractivity contribution is 6.07. The first-order chi connectivity index (χ1) is 11.5. The van der Waals surface area contributed by atoms with Crippen LogP contribution >= 0.6 is 0 Å². The van der Waals surface area contributed by atoms with Gasteiger partial charge in [-0.15, -0.1) is 0 Å². The lowest BCUT2D eigenvalue weighted by Crippen LogP contribution is -2.19. The number of carbonyl (C=O) groups is 3. The van der Waals surface area contributed by atoms with E-state index in [1.54, 1.807) is 31.2 Å². The normalized spacial score (nSPS) is 10.3. The first-order valence-corrected chi connectivity index (χ1v) is 7.27. The molecule has 0 unspecified atom stereocenters. The van der Waals surface area contributed by atoms with Crippen molar-refractivity contribution >= 4 is 28.8 Å². The maximum absolute atomic E-state index is 12.2. The van der Waals surface area contributed by atoms with Crippen molar-refractivity contribution in [3.63, 3.8) is 0 Å². The Kier molecular flexibility index (Phi) is 5.47. The number of nitrogens with zero attached hydrogens (tertiary/aromatic N) is 1. The maximum atomic E-state index is 12.2. The molecule has 0 radical (unpaired) electrons. The third-order valence-corrected chi connectivity index (χ3v) is 3.39. The lowest BCUT2D eigenvalue weighted by atomic mass is 9.97. The van der Waals surface area contributed by atoms with Crippen molar-refractivity contribution in [2.45, 2.75) is 13.3 Å². The molecular weight excluding hydrogens is 314 g/mol. The average molecular weight is 331 g/mol. The summed E-state index contributed by atoms with van der Waals surface area (Å²) in [4.78, 5) is 40.5. The summed E-state index contributed by atoms with van der Waals surface area (Å²) in [7, 11) is 2.37. The summed E-state index contributed by atoms with van der Waals surface area (Å²) in [6.07, 6.45) is -0.189. The van der Waals surface area contributed by atoms with Crippen LogP contribution in [-0.2, 0) is 25.4 Å². The van der Waals surface area contributed by atoms with Crippen molar-refractivity contribution in [3.05, 3.63) is 41.1 Å². The molecular formula is C17H17NO6. The number of pyridine rings is 1. The fourth-order valence-corrected chi connectivity index (χ4v) is 2.39. The van der Waals surface area contributed by atoms with E-state index in [2.05, 4.69) is 4.98 Å². The third-order valence-electron chi connectivity index (χ3n) is 3.39. The zero-order chi connectivity index (χ0) is 17.7. The van der Waals surface area contributed by atoms with Crippen LogP contribution in [0.25, 0.3) is 10.9 Å². The molecule has 1 aromatic heterocycles. The third kappa shape index (κ3) is 3.34. The number of ether oxygens (including phenoxy) is 3. The molecule has 0 saturated carbocycles. The van der Waals surface area contributed by atoms with Crippen molar-refractivity contribution in [2.24, 2.45) is 0 Å². The fraction of sp³-hybridized carbons (Fsp3) is 0.294. The van der Waals surface area contributed by atoms with Crippen LogP contribution < -0.4 is 0 Å². The van der Waals surface area contributed by atoms with Gasteiger partial charge in [0.05, 0.1) is 38.3 Å². The monoisotopic (exact) mass is 331 g/mol. The van der Waals surface area contributed by atoms with Crippen molar-refractivity contribution in [3.8, 4) is 0 Å². The Bertz CT molecular complexity index is 799. The Labute approximate surface area is 138 Å². The zero-order valence-corrected chi connectivity index (χ0v) is 13.6. The highest BCUT2D eigenvalue weighted by Gasteiger charge is 2.27. The van der Waals surface area contributed by atoms with Gasteiger partial charge in [0.25, 0.3) is 0 Å². The molecule has 0 spiro atoms. The summed E-state index contributed by atoms with van der Waals surface area (Å²) in [5, 5.41) is 0.568. The number of para-hydroxylation sites is 1. The van der Waals surface area contributed by atoms with Gasteiger partial charge < -0.3 is 14.2 Å². The van der Waals surface area contributed by atoms with Crippen molar-refractivity contribution < 1.29 is 28.6 Å². The SMILES string of the molecule is CCOC(=O)Cc1c(C(=O)OC)c(C(=O)OC)nc2ccccc12. The Hall–Kier alpha value is -2.96. The lowest BCUT2D eigenvalue weighted by molar-refractivity contribution is -0.142. The Morgan fingerprint density at radius 2 is 1.71 bits per heavy atom. The van der Waals surface area contributed by atoms with Crippen molar-refractivity contribution in [1.82, 2.24) is 4.98 Å². The minimum Gasteiger partial charge on any atom is -0.466 e. The number of esters is 3. The number of aromatic nitrogens is 1. The molecule has 1 aromatic carbocycles. The van der Waals surface area contributed by atoms with E-state index in [4.69, 9.17) is 14.2 Å². The molecule has 24 heavy (non-hydrogen) atoms. The molecule has 1 heterocycles. The minimum atomic E-state index is -0.786. The van der Waals surface area contributed by atoms with Gasteiger partial charge in [-0.2, -0.15) is 0 Å². The van der Waals surface area contributed by atoms with Crippen LogP contribution in [0, 0.1) is 0 Å². The van der Waals surface area contributed by atoms with Gasteiger partial charge in [-0.05, 0) is 18.6 Å². The van der Waals surface area contributed by atoms with E-state index in [9.17, 15) is 14.4 Å². The summed E-state index contributed by atoms with van der Waals surface area (Å²) in [5.74, 6) is -2.07. The number of hydrogen-bond donors (Lipinski definition) is 0. The molecule has 0 aliphatic heterocycles. The van der Waals surface area contributed by atoms with Gasteiger partial charge in [-0.1, -0.05) is 18.2 Å². The lowest BCUT2D eigenvalue weighted by Gasteiger charge is -2.14. The Balaban J connectivity index is 2.79. The quantitative estimate of drug-likeness (QED) is 0.610. The topological polar surface area (TPSA) is 91.8 Å². The maximum Gasteiger partial charge on any atom is 0.357 e. The van der Waals surface area contributed by atoms with Crippen LogP contribution in [-0.4, -0.2) is 43.7 Å². The van der Waals surface area contributed by atoms with E-state index in [0.29, 0.717) is 16.5 Å². The van der Waals surface area contributed by atoms with Crippen LogP contribution in [0.4, 0.5) is 0 Å². The molecule has 7 heteroatoms. The van der Waals surface area contributed by atoms with Gasteiger partial charge in [-0.25, -0.2) is 14.6 Å². The van der Waals surface area contributed by atoms with Gasteiger partial charge in [0.15, 0.2) is 5.69 Å². The molecule has 0 aliphatic rings. The van der Waals surface area contributed by atoms with Crippen LogP contribution in [0.5, 0.6) is 0 Å². The fourth-order valence-electron chi connectivity index (χ4n) is 2.39. The number of hydrogen-bond acceptors (Lipinski definition) is 7. The molecule has 0 bridgehead atoms.